The average molecular weight is 384 g/mol. The lowest BCUT2D eigenvalue weighted by molar-refractivity contribution is -0.126. The number of benzene rings is 1. The highest BCUT2D eigenvalue weighted by molar-refractivity contribution is 5.84. The summed E-state index contributed by atoms with van der Waals surface area (Å²) in [5.41, 5.74) is 0.577. The maximum Gasteiger partial charge on any atom is 0.387 e. The molecule has 1 aliphatic rings. The van der Waals surface area contributed by atoms with Gasteiger partial charge in [0.1, 0.15) is 0 Å². The SMILES string of the molecule is COc1ccc(CNC(=O)CNC(=O)CC2CCCCC2)cc1OC(F)F. The fourth-order valence-corrected chi connectivity index (χ4v) is 3.19. The summed E-state index contributed by atoms with van der Waals surface area (Å²) in [6.07, 6.45) is 6.16. The standard InChI is InChI=1S/C19H26F2N2O4/c1-26-15-8-7-14(9-16(15)27-19(20)21)11-22-18(25)12-23-17(24)10-13-5-3-2-4-6-13/h7-9,13,19H,2-6,10-12H2,1H3,(H,22,25)(H,23,24). The number of ether oxygens (including phenoxy) is 2. The van der Waals surface area contributed by atoms with Crippen LogP contribution in [0, 0.1) is 5.92 Å². The molecule has 0 unspecified atom stereocenters. The first-order valence-corrected chi connectivity index (χ1v) is 9.13. The molecule has 0 aliphatic heterocycles. The molecule has 1 aliphatic carbocycles. The molecule has 0 saturated heterocycles. The van der Waals surface area contributed by atoms with Gasteiger partial charge >= 0.3 is 6.61 Å². The van der Waals surface area contributed by atoms with Gasteiger partial charge in [-0.1, -0.05) is 25.3 Å². The van der Waals surface area contributed by atoms with Gasteiger partial charge in [-0.2, -0.15) is 8.78 Å². The van der Waals surface area contributed by atoms with Gasteiger partial charge in [0.05, 0.1) is 13.7 Å². The molecule has 0 aromatic heterocycles. The summed E-state index contributed by atoms with van der Waals surface area (Å²) < 4.78 is 34.2. The average Bonchev–Trinajstić information content (AvgIpc) is 2.65. The Morgan fingerprint density at radius 2 is 1.85 bits per heavy atom. The Morgan fingerprint density at radius 3 is 2.52 bits per heavy atom. The molecule has 2 N–H and O–H groups in total. The highest BCUT2D eigenvalue weighted by atomic mass is 19.3. The van der Waals surface area contributed by atoms with Gasteiger partial charge in [-0.3, -0.25) is 9.59 Å². The zero-order chi connectivity index (χ0) is 19.6. The molecular weight excluding hydrogens is 358 g/mol. The Kier molecular flexibility index (Phi) is 8.29. The Hall–Kier alpha value is -2.38. The minimum atomic E-state index is -2.97. The molecule has 1 aromatic rings. The van der Waals surface area contributed by atoms with E-state index >= 15 is 0 Å². The van der Waals surface area contributed by atoms with Gasteiger partial charge in [0.15, 0.2) is 11.5 Å². The largest absolute Gasteiger partial charge is 0.493 e. The van der Waals surface area contributed by atoms with E-state index in [0.717, 1.165) is 25.7 Å². The molecule has 1 aromatic carbocycles. The molecule has 0 bridgehead atoms. The van der Waals surface area contributed by atoms with Crippen molar-refractivity contribution < 1.29 is 27.8 Å². The quantitative estimate of drug-likeness (QED) is 0.686. The summed E-state index contributed by atoms with van der Waals surface area (Å²) in [5.74, 6) is 0.0306. The third-order valence-corrected chi connectivity index (χ3v) is 4.58. The van der Waals surface area contributed by atoms with Crippen LogP contribution in [0.25, 0.3) is 0 Å². The number of amides is 2. The van der Waals surface area contributed by atoms with Gasteiger partial charge in [-0.25, -0.2) is 0 Å². The number of rotatable bonds is 9. The van der Waals surface area contributed by atoms with Gasteiger partial charge in [0.2, 0.25) is 11.8 Å². The van der Waals surface area contributed by atoms with Gasteiger partial charge in [-0.15, -0.1) is 0 Å². The van der Waals surface area contributed by atoms with E-state index in [0.29, 0.717) is 17.9 Å². The second-order valence-corrected chi connectivity index (χ2v) is 6.63. The van der Waals surface area contributed by atoms with E-state index in [2.05, 4.69) is 15.4 Å². The molecule has 2 rings (SSSR count). The summed E-state index contributed by atoms with van der Waals surface area (Å²) in [7, 11) is 1.35. The first-order chi connectivity index (χ1) is 13.0. The van der Waals surface area contributed by atoms with Gasteiger partial charge in [0.25, 0.3) is 0 Å². The van der Waals surface area contributed by atoms with E-state index < -0.39 is 6.61 Å². The van der Waals surface area contributed by atoms with Crippen LogP contribution in [0.2, 0.25) is 0 Å². The lowest BCUT2D eigenvalue weighted by Gasteiger charge is -2.20. The van der Waals surface area contributed by atoms with Crippen molar-refractivity contribution in [3.05, 3.63) is 23.8 Å². The number of alkyl halides is 2. The molecule has 2 amide bonds. The van der Waals surface area contributed by atoms with E-state index in [1.54, 1.807) is 6.07 Å². The molecule has 1 saturated carbocycles. The predicted octanol–water partition coefficient (Wildman–Crippen LogP) is 3.00. The zero-order valence-corrected chi connectivity index (χ0v) is 15.4. The maximum absolute atomic E-state index is 12.4. The first kappa shape index (κ1) is 20.9. The lowest BCUT2D eigenvalue weighted by atomic mass is 9.87. The highest BCUT2D eigenvalue weighted by Crippen LogP contribution is 2.29. The first-order valence-electron chi connectivity index (χ1n) is 9.13. The van der Waals surface area contributed by atoms with Crippen LogP contribution in [-0.4, -0.2) is 32.1 Å². The molecule has 0 heterocycles. The van der Waals surface area contributed by atoms with Crippen molar-refractivity contribution in [3.63, 3.8) is 0 Å². The fraction of sp³-hybridized carbons (Fsp3) is 0.579. The van der Waals surface area contributed by atoms with Crippen molar-refractivity contribution in [2.24, 2.45) is 5.92 Å². The van der Waals surface area contributed by atoms with Crippen LogP contribution in [0.4, 0.5) is 8.78 Å². The van der Waals surface area contributed by atoms with Gasteiger partial charge in [-0.05, 0) is 36.5 Å². The fourth-order valence-electron chi connectivity index (χ4n) is 3.19. The second kappa shape index (κ2) is 10.7. The van der Waals surface area contributed by atoms with Crippen molar-refractivity contribution in [2.45, 2.75) is 51.7 Å². The molecule has 0 atom stereocenters. The van der Waals surface area contributed by atoms with Crippen molar-refractivity contribution >= 4 is 11.8 Å². The monoisotopic (exact) mass is 384 g/mol. The van der Waals surface area contributed by atoms with E-state index in [9.17, 15) is 18.4 Å². The summed E-state index contributed by atoms with van der Waals surface area (Å²) in [5, 5.41) is 5.27. The van der Waals surface area contributed by atoms with Crippen molar-refractivity contribution in [1.29, 1.82) is 0 Å². The van der Waals surface area contributed by atoms with Crippen LogP contribution < -0.4 is 20.1 Å². The molecule has 1 fully saturated rings. The van der Waals surface area contributed by atoms with Gasteiger partial charge in [0, 0.05) is 13.0 Å². The zero-order valence-electron chi connectivity index (χ0n) is 15.4. The minimum Gasteiger partial charge on any atom is -0.493 e. The van der Waals surface area contributed by atoms with Crippen LogP contribution in [-0.2, 0) is 16.1 Å². The molecule has 0 radical (unpaired) electrons. The predicted molar refractivity (Wildman–Crippen MR) is 95.7 cm³/mol. The van der Waals surface area contributed by atoms with Crippen LogP contribution in [0.5, 0.6) is 11.5 Å². The number of nitrogens with one attached hydrogen (secondary N) is 2. The second-order valence-electron chi connectivity index (χ2n) is 6.63. The van der Waals surface area contributed by atoms with Crippen molar-refractivity contribution in [2.75, 3.05) is 13.7 Å². The molecule has 27 heavy (non-hydrogen) atoms. The van der Waals surface area contributed by atoms with Crippen LogP contribution in [0.1, 0.15) is 44.1 Å². The van der Waals surface area contributed by atoms with E-state index in [1.165, 1.54) is 25.7 Å². The number of hydrogen-bond acceptors (Lipinski definition) is 4. The van der Waals surface area contributed by atoms with E-state index in [-0.39, 0.29) is 36.4 Å². The Labute approximate surface area is 157 Å². The number of methoxy groups -OCH3 is 1. The van der Waals surface area contributed by atoms with Crippen molar-refractivity contribution in [3.8, 4) is 11.5 Å². The molecule has 6 nitrogen and oxygen atoms in total. The Morgan fingerprint density at radius 1 is 1.11 bits per heavy atom. The Balaban J connectivity index is 1.75. The summed E-state index contributed by atoms with van der Waals surface area (Å²) in [6.45, 7) is -2.95. The highest BCUT2D eigenvalue weighted by Gasteiger charge is 2.17. The topological polar surface area (TPSA) is 76.7 Å². The normalized spacial score (nSPS) is 14.7. The molecule has 0 spiro atoms. The van der Waals surface area contributed by atoms with Gasteiger partial charge < -0.3 is 20.1 Å². The number of hydrogen-bond donors (Lipinski definition) is 2. The van der Waals surface area contributed by atoms with E-state index in [4.69, 9.17) is 4.74 Å². The summed E-state index contributed by atoms with van der Waals surface area (Å²) in [6, 6.07) is 4.51. The van der Waals surface area contributed by atoms with Crippen LogP contribution in [0.3, 0.4) is 0 Å². The molecule has 8 heteroatoms. The molecule has 150 valence electrons. The van der Waals surface area contributed by atoms with E-state index in [1.807, 2.05) is 0 Å². The van der Waals surface area contributed by atoms with Crippen LogP contribution in [0.15, 0.2) is 18.2 Å². The Bertz CT molecular complexity index is 634. The number of carbonyl (C=O) groups is 2. The third kappa shape index (κ3) is 7.40. The minimum absolute atomic E-state index is 0.0972. The third-order valence-electron chi connectivity index (χ3n) is 4.58. The maximum atomic E-state index is 12.4. The summed E-state index contributed by atoms with van der Waals surface area (Å²) in [4.78, 5) is 23.8. The smallest absolute Gasteiger partial charge is 0.387 e. The lowest BCUT2D eigenvalue weighted by Crippen LogP contribution is -2.37. The number of carbonyl (C=O) groups excluding carboxylic acids is 2. The molecular formula is C19H26F2N2O4. The summed E-state index contributed by atoms with van der Waals surface area (Å²) >= 11 is 0. The number of halogens is 2. The van der Waals surface area contributed by atoms with Crippen molar-refractivity contribution in [1.82, 2.24) is 10.6 Å². The van der Waals surface area contributed by atoms with Crippen LogP contribution >= 0.6 is 0 Å².